The van der Waals surface area contributed by atoms with Gasteiger partial charge in [-0.05, 0) is 61.4 Å². The molecule has 1 N–H and O–H groups in total. The summed E-state index contributed by atoms with van der Waals surface area (Å²) in [7, 11) is -3.68. The first kappa shape index (κ1) is 25.4. The van der Waals surface area contributed by atoms with Crippen molar-refractivity contribution < 1.29 is 30.8 Å². The highest BCUT2D eigenvalue weighted by atomic mass is 32.2. The van der Waals surface area contributed by atoms with Crippen molar-refractivity contribution in [2.24, 2.45) is 0 Å². The quantitative estimate of drug-likeness (QED) is 0.455. The van der Waals surface area contributed by atoms with Gasteiger partial charge in [-0.25, -0.2) is 8.42 Å². The van der Waals surface area contributed by atoms with Crippen LogP contribution in [-0.4, -0.2) is 41.9 Å². The number of amides is 1. The molecule has 12 heteroatoms. The number of carbonyl (C=O) groups is 1. The molecule has 1 aromatic heterocycles. The summed E-state index contributed by atoms with van der Waals surface area (Å²) < 4.78 is 70.5. The van der Waals surface area contributed by atoms with Crippen molar-refractivity contribution in [3.8, 4) is 11.5 Å². The predicted molar refractivity (Wildman–Crippen MR) is 118 cm³/mol. The van der Waals surface area contributed by atoms with Crippen LogP contribution in [0.3, 0.4) is 0 Å². The molecule has 0 aliphatic heterocycles. The molecule has 0 aliphatic carbocycles. The van der Waals surface area contributed by atoms with Gasteiger partial charge in [-0.3, -0.25) is 10.1 Å². The monoisotopic (exact) mass is 496 g/mol. The van der Waals surface area contributed by atoms with Gasteiger partial charge >= 0.3 is 12.2 Å². The average Bonchev–Trinajstić information content (AvgIpc) is 3.27. The third-order valence-corrected chi connectivity index (χ3v) is 6.72. The summed E-state index contributed by atoms with van der Waals surface area (Å²) in [5.74, 6) is -0.692. The van der Waals surface area contributed by atoms with E-state index in [1.54, 1.807) is 0 Å². The van der Waals surface area contributed by atoms with Crippen molar-refractivity contribution >= 4 is 21.9 Å². The first-order chi connectivity index (χ1) is 16.1. The van der Waals surface area contributed by atoms with Gasteiger partial charge in [-0.1, -0.05) is 18.9 Å². The van der Waals surface area contributed by atoms with E-state index < -0.39 is 27.7 Å². The molecular weight excluding hydrogens is 473 g/mol. The third kappa shape index (κ3) is 5.81. The molecule has 0 saturated carbocycles. The molecule has 0 bridgehead atoms. The van der Waals surface area contributed by atoms with Crippen LogP contribution in [0.25, 0.3) is 11.5 Å². The Labute approximate surface area is 194 Å². The van der Waals surface area contributed by atoms with Crippen molar-refractivity contribution in [1.82, 2.24) is 14.5 Å². The summed E-state index contributed by atoms with van der Waals surface area (Å²) in [4.78, 5) is 12.6. The summed E-state index contributed by atoms with van der Waals surface area (Å²) >= 11 is 0. The molecule has 3 rings (SSSR count). The number of hydrogen-bond donors (Lipinski definition) is 1. The van der Waals surface area contributed by atoms with E-state index in [1.807, 2.05) is 13.8 Å². The van der Waals surface area contributed by atoms with E-state index in [1.165, 1.54) is 40.7 Å². The Morgan fingerprint density at radius 2 is 1.56 bits per heavy atom. The fraction of sp³-hybridized carbons (Fsp3) is 0.318. The van der Waals surface area contributed by atoms with Crippen LogP contribution in [-0.2, 0) is 16.2 Å². The van der Waals surface area contributed by atoms with E-state index in [9.17, 15) is 26.4 Å². The molecule has 34 heavy (non-hydrogen) atoms. The lowest BCUT2D eigenvalue weighted by molar-refractivity contribution is -0.137. The van der Waals surface area contributed by atoms with Crippen LogP contribution in [0.15, 0.2) is 57.8 Å². The van der Waals surface area contributed by atoms with Crippen LogP contribution in [0.1, 0.15) is 42.6 Å². The first-order valence-electron chi connectivity index (χ1n) is 10.5. The van der Waals surface area contributed by atoms with Crippen molar-refractivity contribution in [2.45, 2.75) is 37.8 Å². The zero-order valence-corrected chi connectivity index (χ0v) is 19.3. The Morgan fingerprint density at radius 1 is 0.971 bits per heavy atom. The van der Waals surface area contributed by atoms with Crippen molar-refractivity contribution in [3.63, 3.8) is 0 Å². The summed E-state index contributed by atoms with van der Waals surface area (Å²) in [6.45, 7) is 4.59. The minimum atomic E-state index is -4.47. The first-order valence-corrected chi connectivity index (χ1v) is 11.9. The standard InChI is InChI=1S/C22H23F3N4O4S/c1-3-13-29(14-4-2)34(31,32)18-11-7-15(8-12-18)19(30)26-21-28-27-20(33-21)16-5-9-17(10-6-16)22(23,24)25/h5-12H,3-4,13-14H2,1-2H3,(H,26,28,30). The molecule has 8 nitrogen and oxygen atoms in total. The predicted octanol–water partition coefficient (Wildman–Crippen LogP) is 4.82. The Bertz CT molecular complexity index is 1220. The van der Waals surface area contributed by atoms with Crippen LogP contribution >= 0.6 is 0 Å². The molecule has 182 valence electrons. The third-order valence-electron chi connectivity index (χ3n) is 4.80. The Kier molecular flexibility index (Phi) is 7.72. The van der Waals surface area contributed by atoms with Gasteiger partial charge in [-0.15, -0.1) is 5.10 Å². The van der Waals surface area contributed by atoms with Gasteiger partial charge in [-0.2, -0.15) is 17.5 Å². The average molecular weight is 497 g/mol. The normalized spacial score (nSPS) is 12.2. The van der Waals surface area contributed by atoms with Crippen molar-refractivity contribution in [3.05, 3.63) is 59.7 Å². The molecule has 0 saturated heterocycles. The molecule has 0 fully saturated rings. The number of anilines is 1. The van der Waals surface area contributed by atoms with Crippen molar-refractivity contribution in [1.29, 1.82) is 0 Å². The SMILES string of the molecule is CCCN(CCC)S(=O)(=O)c1ccc(C(=O)Nc2nnc(-c3ccc(C(F)(F)F)cc3)o2)cc1. The zero-order valence-electron chi connectivity index (χ0n) is 18.5. The topological polar surface area (TPSA) is 105 Å². The molecular formula is C22H23F3N4O4S. The number of halogens is 3. The second kappa shape index (κ2) is 10.3. The van der Waals surface area contributed by atoms with Gasteiger partial charge in [0.1, 0.15) is 0 Å². The molecule has 0 aliphatic rings. The number of alkyl halides is 3. The molecule has 1 heterocycles. The molecule has 1 amide bonds. The van der Waals surface area contributed by atoms with Gasteiger partial charge in [0.15, 0.2) is 0 Å². The van der Waals surface area contributed by atoms with Gasteiger partial charge < -0.3 is 4.42 Å². The second-order valence-corrected chi connectivity index (χ2v) is 9.31. The number of benzene rings is 2. The van der Waals surface area contributed by atoms with E-state index in [0.29, 0.717) is 25.9 Å². The number of carbonyl (C=O) groups excluding carboxylic acids is 1. The van der Waals surface area contributed by atoms with Crippen LogP contribution in [0.5, 0.6) is 0 Å². The van der Waals surface area contributed by atoms with Gasteiger partial charge in [0, 0.05) is 24.2 Å². The van der Waals surface area contributed by atoms with Crippen LogP contribution in [0, 0.1) is 0 Å². The molecule has 0 unspecified atom stereocenters. The largest absolute Gasteiger partial charge is 0.416 e. The van der Waals surface area contributed by atoms with E-state index in [-0.39, 0.29) is 27.9 Å². The smallest absolute Gasteiger partial charge is 0.403 e. The second-order valence-electron chi connectivity index (χ2n) is 7.37. The molecule has 2 aromatic carbocycles. The molecule has 3 aromatic rings. The lowest BCUT2D eigenvalue weighted by Gasteiger charge is -2.21. The molecule has 0 atom stereocenters. The highest BCUT2D eigenvalue weighted by Gasteiger charge is 2.30. The summed E-state index contributed by atoms with van der Waals surface area (Å²) in [6.07, 6.45) is -3.11. The lowest BCUT2D eigenvalue weighted by Crippen LogP contribution is -2.32. The van der Waals surface area contributed by atoms with E-state index in [4.69, 9.17) is 4.42 Å². The van der Waals surface area contributed by atoms with Gasteiger partial charge in [0.2, 0.25) is 15.9 Å². The van der Waals surface area contributed by atoms with Crippen LogP contribution in [0.4, 0.5) is 19.2 Å². The minimum Gasteiger partial charge on any atom is -0.403 e. The van der Waals surface area contributed by atoms with Gasteiger partial charge in [0.25, 0.3) is 5.91 Å². The molecule has 0 spiro atoms. The minimum absolute atomic E-state index is 0.0718. The lowest BCUT2D eigenvalue weighted by atomic mass is 10.1. The maximum atomic E-state index is 12.8. The number of aromatic nitrogens is 2. The highest BCUT2D eigenvalue weighted by Crippen LogP contribution is 2.31. The van der Waals surface area contributed by atoms with Gasteiger partial charge in [0.05, 0.1) is 10.5 Å². The van der Waals surface area contributed by atoms with Crippen LogP contribution in [0.2, 0.25) is 0 Å². The molecule has 0 radical (unpaired) electrons. The Hall–Kier alpha value is -3.25. The summed E-state index contributed by atoms with van der Waals surface area (Å²) in [5, 5.41) is 9.79. The number of nitrogens with zero attached hydrogens (tertiary/aromatic N) is 3. The summed E-state index contributed by atoms with van der Waals surface area (Å²) in [6, 6.07) is 9.31. The maximum absolute atomic E-state index is 12.8. The summed E-state index contributed by atoms with van der Waals surface area (Å²) in [5.41, 5.74) is -0.410. The highest BCUT2D eigenvalue weighted by molar-refractivity contribution is 7.89. The Morgan fingerprint density at radius 3 is 2.09 bits per heavy atom. The number of sulfonamides is 1. The fourth-order valence-electron chi connectivity index (χ4n) is 3.14. The number of nitrogens with one attached hydrogen (secondary N) is 1. The number of hydrogen-bond acceptors (Lipinski definition) is 6. The van der Waals surface area contributed by atoms with Crippen LogP contribution < -0.4 is 5.32 Å². The Balaban J connectivity index is 1.70. The van der Waals surface area contributed by atoms with Crippen molar-refractivity contribution in [2.75, 3.05) is 18.4 Å². The number of rotatable bonds is 9. The van der Waals surface area contributed by atoms with E-state index in [2.05, 4.69) is 15.5 Å². The van der Waals surface area contributed by atoms with E-state index in [0.717, 1.165) is 12.1 Å². The fourth-order valence-corrected chi connectivity index (χ4v) is 4.76. The van der Waals surface area contributed by atoms with E-state index >= 15 is 0 Å². The maximum Gasteiger partial charge on any atom is 0.416 e. The zero-order chi connectivity index (χ0) is 24.9.